The van der Waals surface area contributed by atoms with Gasteiger partial charge in [-0.05, 0) is 25.3 Å². The Morgan fingerprint density at radius 2 is 1.76 bits per heavy atom. The van der Waals surface area contributed by atoms with Crippen LogP contribution in [0.2, 0.25) is 0 Å². The molecule has 1 aliphatic rings. The van der Waals surface area contributed by atoms with Crippen molar-refractivity contribution >= 4 is 0 Å². The van der Waals surface area contributed by atoms with Gasteiger partial charge in [0.2, 0.25) is 5.82 Å². The molecule has 1 saturated carbocycles. The zero-order chi connectivity index (χ0) is 12.6. The summed E-state index contributed by atoms with van der Waals surface area (Å²) in [5, 5.41) is 0. The number of rotatable bonds is 3. The molecular formula is C12H15F2NO2. The van der Waals surface area contributed by atoms with Gasteiger partial charge in [-0.1, -0.05) is 0 Å². The van der Waals surface area contributed by atoms with Crippen LogP contribution < -0.4 is 15.2 Å². The van der Waals surface area contributed by atoms with Gasteiger partial charge in [-0.2, -0.15) is 4.39 Å². The highest BCUT2D eigenvalue weighted by atomic mass is 19.2. The molecule has 1 fully saturated rings. The molecule has 0 saturated heterocycles. The highest BCUT2D eigenvalue weighted by molar-refractivity contribution is 5.51. The molecule has 0 amide bonds. The van der Waals surface area contributed by atoms with Crippen LogP contribution in [-0.2, 0) is 5.54 Å². The minimum atomic E-state index is -1.05. The van der Waals surface area contributed by atoms with Crippen LogP contribution in [0.5, 0.6) is 11.5 Å². The Kier molecular flexibility index (Phi) is 2.95. The van der Waals surface area contributed by atoms with E-state index in [1.54, 1.807) is 0 Å². The van der Waals surface area contributed by atoms with Crippen LogP contribution in [0.15, 0.2) is 6.07 Å². The van der Waals surface area contributed by atoms with Crippen molar-refractivity contribution in [2.75, 3.05) is 14.2 Å². The van der Waals surface area contributed by atoms with E-state index in [0.29, 0.717) is 5.56 Å². The molecule has 0 unspecified atom stereocenters. The van der Waals surface area contributed by atoms with Gasteiger partial charge in [-0.3, -0.25) is 0 Å². The van der Waals surface area contributed by atoms with E-state index in [-0.39, 0.29) is 11.5 Å². The fourth-order valence-corrected chi connectivity index (χ4v) is 2.17. The highest BCUT2D eigenvalue weighted by Gasteiger charge is 2.39. The predicted molar refractivity (Wildman–Crippen MR) is 59.2 cm³/mol. The fourth-order valence-electron chi connectivity index (χ4n) is 2.17. The second kappa shape index (κ2) is 4.14. The molecule has 0 atom stereocenters. The molecule has 0 bridgehead atoms. The van der Waals surface area contributed by atoms with Crippen molar-refractivity contribution in [2.45, 2.75) is 24.8 Å². The molecule has 2 N–H and O–H groups in total. The number of hydrogen-bond acceptors (Lipinski definition) is 3. The summed E-state index contributed by atoms with van der Waals surface area (Å²) in [5.41, 5.74) is 5.96. The second-order valence-corrected chi connectivity index (χ2v) is 4.30. The van der Waals surface area contributed by atoms with Crippen LogP contribution in [0.1, 0.15) is 24.8 Å². The average molecular weight is 243 g/mol. The molecule has 0 radical (unpaired) electrons. The lowest BCUT2D eigenvalue weighted by molar-refractivity contribution is 0.236. The summed E-state index contributed by atoms with van der Waals surface area (Å²) in [6.07, 6.45) is 2.44. The van der Waals surface area contributed by atoms with Gasteiger partial charge >= 0.3 is 0 Å². The van der Waals surface area contributed by atoms with Crippen LogP contribution in [0.25, 0.3) is 0 Å². The summed E-state index contributed by atoms with van der Waals surface area (Å²) in [6.45, 7) is 0. The lowest BCUT2D eigenvalue weighted by Crippen LogP contribution is -2.43. The largest absolute Gasteiger partial charge is 0.492 e. The third-order valence-electron chi connectivity index (χ3n) is 3.32. The minimum absolute atomic E-state index is 0.189. The Morgan fingerprint density at radius 1 is 1.18 bits per heavy atom. The predicted octanol–water partition coefficient (Wildman–Crippen LogP) is 2.32. The van der Waals surface area contributed by atoms with Crippen LogP contribution >= 0.6 is 0 Å². The maximum Gasteiger partial charge on any atom is 0.204 e. The zero-order valence-corrected chi connectivity index (χ0v) is 9.85. The Bertz CT molecular complexity index is 445. The van der Waals surface area contributed by atoms with Crippen LogP contribution in [-0.4, -0.2) is 14.2 Å². The SMILES string of the molecule is COc1c(C2(N)CCC2)cc(F)c(F)c1OC. The van der Waals surface area contributed by atoms with Gasteiger partial charge in [0.15, 0.2) is 17.3 Å². The lowest BCUT2D eigenvalue weighted by Gasteiger charge is -2.39. The number of ether oxygens (including phenoxy) is 2. The van der Waals surface area contributed by atoms with E-state index in [1.165, 1.54) is 14.2 Å². The van der Waals surface area contributed by atoms with Crippen molar-refractivity contribution in [3.05, 3.63) is 23.3 Å². The van der Waals surface area contributed by atoms with Crippen LogP contribution in [0, 0.1) is 11.6 Å². The van der Waals surface area contributed by atoms with Crippen molar-refractivity contribution < 1.29 is 18.3 Å². The number of halogens is 2. The molecule has 1 aromatic rings. The van der Waals surface area contributed by atoms with Gasteiger partial charge in [0.25, 0.3) is 0 Å². The molecule has 94 valence electrons. The van der Waals surface area contributed by atoms with Crippen LogP contribution in [0.4, 0.5) is 8.78 Å². The summed E-state index contributed by atoms with van der Waals surface area (Å²) in [6, 6.07) is 1.11. The van der Waals surface area contributed by atoms with Gasteiger partial charge in [-0.15, -0.1) is 0 Å². The number of nitrogens with two attached hydrogens (primary N) is 1. The summed E-state index contributed by atoms with van der Waals surface area (Å²) in [5.74, 6) is -2.04. The maximum absolute atomic E-state index is 13.5. The molecule has 0 aromatic heterocycles. The van der Waals surface area contributed by atoms with Gasteiger partial charge in [0.1, 0.15) is 0 Å². The summed E-state index contributed by atoms with van der Waals surface area (Å²) in [7, 11) is 2.66. The molecule has 5 heteroatoms. The number of hydrogen-bond donors (Lipinski definition) is 1. The van der Waals surface area contributed by atoms with Gasteiger partial charge in [-0.25, -0.2) is 4.39 Å². The maximum atomic E-state index is 13.5. The molecule has 3 nitrogen and oxygen atoms in total. The molecule has 0 aliphatic heterocycles. The zero-order valence-electron chi connectivity index (χ0n) is 9.85. The molecular weight excluding hydrogens is 228 g/mol. The monoisotopic (exact) mass is 243 g/mol. The Balaban J connectivity index is 2.62. The van der Waals surface area contributed by atoms with E-state index in [9.17, 15) is 8.78 Å². The topological polar surface area (TPSA) is 44.5 Å². The average Bonchev–Trinajstić information content (AvgIpc) is 2.28. The number of benzene rings is 1. The smallest absolute Gasteiger partial charge is 0.204 e. The lowest BCUT2D eigenvalue weighted by atomic mass is 9.72. The molecule has 1 aromatic carbocycles. The Morgan fingerprint density at radius 3 is 2.18 bits per heavy atom. The van der Waals surface area contributed by atoms with Crippen LogP contribution in [0.3, 0.4) is 0 Å². The number of methoxy groups -OCH3 is 2. The molecule has 2 rings (SSSR count). The molecule has 1 aliphatic carbocycles. The van der Waals surface area contributed by atoms with Crippen molar-refractivity contribution in [1.82, 2.24) is 0 Å². The first kappa shape index (κ1) is 12.1. The minimum Gasteiger partial charge on any atom is -0.492 e. The fraction of sp³-hybridized carbons (Fsp3) is 0.500. The highest BCUT2D eigenvalue weighted by Crippen LogP contribution is 2.47. The van der Waals surface area contributed by atoms with E-state index in [2.05, 4.69) is 0 Å². The first-order valence-corrected chi connectivity index (χ1v) is 5.43. The third kappa shape index (κ3) is 1.74. The van der Waals surface area contributed by atoms with E-state index in [4.69, 9.17) is 15.2 Å². The normalized spacial score (nSPS) is 17.5. The Labute approximate surface area is 98.5 Å². The van der Waals surface area contributed by atoms with Crippen molar-refractivity contribution in [2.24, 2.45) is 5.73 Å². The first-order valence-electron chi connectivity index (χ1n) is 5.43. The molecule has 17 heavy (non-hydrogen) atoms. The van der Waals surface area contributed by atoms with Crippen molar-refractivity contribution in [3.8, 4) is 11.5 Å². The van der Waals surface area contributed by atoms with E-state index in [1.807, 2.05) is 0 Å². The summed E-state index contributed by atoms with van der Waals surface area (Å²) >= 11 is 0. The standard InChI is InChI=1S/C12H15F2NO2/c1-16-10-7(12(15)4-3-5-12)6-8(13)9(14)11(10)17-2/h6H,3-5,15H2,1-2H3. The molecule has 0 spiro atoms. The van der Waals surface area contributed by atoms with E-state index < -0.39 is 17.2 Å². The van der Waals surface area contributed by atoms with Crippen molar-refractivity contribution in [1.29, 1.82) is 0 Å². The van der Waals surface area contributed by atoms with Crippen molar-refractivity contribution in [3.63, 3.8) is 0 Å². The van der Waals surface area contributed by atoms with Gasteiger partial charge in [0, 0.05) is 11.1 Å². The van der Waals surface area contributed by atoms with E-state index >= 15 is 0 Å². The first-order chi connectivity index (χ1) is 8.03. The summed E-state index contributed by atoms with van der Waals surface area (Å²) in [4.78, 5) is 0. The quantitative estimate of drug-likeness (QED) is 0.886. The Hall–Kier alpha value is -1.36. The summed E-state index contributed by atoms with van der Waals surface area (Å²) < 4.78 is 37.0. The third-order valence-corrected chi connectivity index (χ3v) is 3.32. The second-order valence-electron chi connectivity index (χ2n) is 4.30. The molecule has 0 heterocycles. The van der Waals surface area contributed by atoms with E-state index in [0.717, 1.165) is 25.3 Å². The van der Waals surface area contributed by atoms with Gasteiger partial charge < -0.3 is 15.2 Å². The van der Waals surface area contributed by atoms with Gasteiger partial charge in [0.05, 0.1) is 14.2 Å².